The quantitative estimate of drug-likeness (QED) is 0.555. The summed E-state index contributed by atoms with van der Waals surface area (Å²) in [6.07, 6.45) is 5.87. The average molecular weight is 479 g/mol. The van der Waals surface area contributed by atoms with Gasteiger partial charge in [-0.15, -0.1) is 24.8 Å². The topological polar surface area (TPSA) is 9.23 Å². The van der Waals surface area contributed by atoms with Gasteiger partial charge in [0.1, 0.15) is 0 Å². The van der Waals surface area contributed by atoms with Crippen molar-refractivity contribution in [2.45, 2.75) is 67.6 Å². The first-order valence-electron chi connectivity index (χ1n) is 9.29. The van der Waals surface area contributed by atoms with E-state index in [-0.39, 0.29) is 24.8 Å². The van der Waals surface area contributed by atoms with E-state index in [0.717, 1.165) is 16.7 Å². The summed E-state index contributed by atoms with van der Waals surface area (Å²) in [6.45, 7) is 21.0. The molecule has 0 heterocycles. The van der Waals surface area contributed by atoms with E-state index in [4.69, 9.17) is 3.32 Å². The van der Waals surface area contributed by atoms with Gasteiger partial charge in [-0.25, -0.2) is 0 Å². The molecule has 1 aliphatic carbocycles. The summed E-state index contributed by atoms with van der Waals surface area (Å²) >= 11 is -1.91. The molecule has 0 atom stereocenters. The van der Waals surface area contributed by atoms with Crippen LogP contribution in [0.1, 0.15) is 42.5 Å². The maximum Gasteiger partial charge on any atom is -0.147 e. The van der Waals surface area contributed by atoms with E-state index in [9.17, 15) is 0 Å². The van der Waals surface area contributed by atoms with Gasteiger partial charge in [0.15, 0.2) is 0 Å². The number of hydrogen-bond acceptors (Lipinski definition) is 1. The van der Waals surface area contributed by atoms with Gasteiger partial charge >= 0.3 is 165 Å². The average Bonchev–Trinajstić information content (AvgIpc) is 3.00. The summed E-state index contributed by atoms with van der Waals surface area (Å²) in [5, 5.41) is 3.17. The fourth-order valence-electron chi connectivity index (χ4n) is 3.61. The molecule has 152 valence electrons. The van der Waals surface area contributed by atoms with Gasteiger partial charge in [0.25, 0.3) is 0 Å². The molecular formula is C21H36Cl2OSi2Ti. The van der Waals surface area contributed by atoms with Crippen LogP contribution in [0.5, 0.6) is 5.75 Å². The third kappa shape index (κ3) is 5.58. The molecule has 0 saturated carbocycles. The van der Waals surface area contributed by atoms with E-state index in [0.29, 0.717) is 0 Å². The van der Waals surface area contributed by atoms with Crippen LogP contribution >= 0.6 is 24.8 Å². The summed E-state index contributed by atoms with van der Waals surface area (Å²) in [5.41, 5.74) is 5.62. The third-order valence-electron chi connectivity index (χ3n) is 5.60. The molecule has 0 aromatic heterocycles. The molecule has 0 unspecified atom stereocenters. The largest absolute Gasteiger partial charge is 0.147 e. The van der Waals surface area contributed by atoms with Crippen molar-refractivity contribution in [1.29, 1.82) is 0 Å². The molecule has 0 N–H and O–H groups in total. The minimum absolute atomic E-state index is 0. The summed E-state index contributed by atoms with van der Waals surface area (Å²) < 4.78 is 10.1. The van der Waals surface area contributed by atoms with Gasteiger partial charge in [0.2, 0.25) is 0 Å². The molecule has 0 radical (unpaired) electrons. The standard InChI is InChI=1S/C10H16OSi.C8H13Si.C3H6.2ClH.Ti/c1-5-6(2)9(11)8(4)10(12)7(5)3;1-9(2,3)8-6-4-5-7-8;1-3-2;;;/h11H,1-4,12H3;4,6H,5H2,1-3H3;1-2H3;2*1H;/q;;;;;+1/p-1. The van der Waals surface area contributed by atoms with Gasteiger partial charge < -0.3 is 0 Å². The van der Waals surface area contributed by atoms with Crippen LogP contribution < -0.4 is 8.51 Å². The summed E-state index contributed by atoms with van der Waals surface area (Å²) in [6, 6.07) is 0. The third-order valence-corrected chi connectivity index (χ3v) is 13.2. The number of hydrogen-bond donors (Lipinski definition) is 0. The Morgan fingerprint density at radius 2 is 1.52 bits per heavy atom. The van der Waals surface area contributed by atoms with Crippen LogP contribution in [0.4, 0.5) is 0 Å². The molecule has 0 fully saturated rings. The molecule has 2 rings (SSSR count). The van der Waals surface area contributed by atoms with Gasteiger partial charge in [-0.2, -0.15) is 0 Å². The Morgan fingerprint density at radius 1 is 0.963 bits per heavy atom. The minimum Gasteiger partial charge on any atom is -0.147 e. The molecule has 0 amide bonds. The zero-order valence-corrected chi connectivity index (χ0v) is 24.8. The summed E-state index contributed by atoms with van der Waals surface area (Å²) in [7, 11) is -0.240. The molecule has 1 aromatic carbocycles. The molecule has 1 aliphatic rings. The van der Waals surface area contributed by atoms with Crippen molar-refractivity contribution in [2.75, 3.05) is 0 Å². The first kappa shape index (κ1) is 27.1. The first-order chi connectivity index (χ1) is 11.5. The van der Waals surface area contributed by atoms with Gasteiger partial charge in [-0.3, -0.25) is 0 Å². The second-order valence-corrected chi connectivity index (χ2v) is 18.5. The Morgan fingerprint density at radius 3 is 2.00 bits per heavy atom. The summed E-state index contributed by atoms with van der Waals surface area (Å²) in [4.78, 5) is 0. The van der Waals surface area contributed by atoms with E-state index in [1.807, 2.05) is 0 Å². The molecule has 1 nitrogen and oxygen atoms in total. The monoisotopic (exact) mass is 478 g/mol. The van der Waals surface area contributed by atoms with Crippen LogP contribution in [0, 0.1) is 27.7 Å². The molecule has 27 heavy (non-hydrogen) atoms. The molecule has 1 aromatic rings. The Labute approximate surface area is 189 Å². The molecule has 0 saturated heterocycles. The van der Waals surface area contributed by atoms with E-state index < -0.39 is 25.9 Å². The Bertz CT molecular complexity index is 785. The maximum absolute atomic E-state index is 6.94. The molecule has 0 spiro atoms. The van der Waals surface area contributed by atoms with Crippen LogP contribution in [0.15, 0.2) is 21.2 Å². The van der Waals surface area contributed by atoms with Crippen LogP contribution in [0.25, 0.3) is 0 Å². The smallest absolute Gasteiger partial charge is 0.147 e. The number of rotatable bonds is 4. The predicted octanol–water partition coefficient (Wildman–Crippen LogP) is 4.97. The molecular weight excluding hydrogens is 443 g/mol. The van der Waals surface area contributed by atoms with Crippen LogP contribution in [-0.2, 0) is 17.8 Å². The number of halogens is 2. The first-order valence-corrected chi connectivity index (χ1v) is 16.0. The Kier molecular flexibility index (Phi) is 10.3. The van der Waals surface area contributed by atoms with Crippen molar-refractivity contribution in [3.8, 4) is 5.75 Å². The minimum atomic E-state index is -1.91. The molecule has 0 aliphatic heterocycles. The van der Waals surface area contributed by atoms with E-state index in [1.165, 1.54) is 37.0 Å². The predicted molar refractivity (Wildman–Crippen MR) is 131 cm³/mol. The second kappa shape index (κ2) is 10.2. The Hall–Kier alpha value is 0.0981. The fourth-order valence-corrected chi connectivity index (χ4v) is 11.3. The van der Waals surface area contributed by atoms with Crippen molar-refractivity contribution in [3.63, 3.8) is 0 Å². The van der Waals surface area contributed by atoms with Gasteiger partial charge in [-0.1, -0.05) is 0 Å². The van der Waals surface area contributed by atoms with E-state index >= 15 is 0 Å². The van der Waals surface area contributed by atoms with Crippen LogP contribution in [0.3, 0.4) is 0 Å². The number of benzene rings is 1. The second-order valence-electron chi connectivity index (χ2n) is 8.63. The summed E-state index contributed by atoms with van der Waals surface area (Å²) in [5.74, 6) is 1.19. The van der Waals surface area contributed by atoms with Gasteiger partial charge in [0.05, 0.1) is 0 Å². The van der Waals surface area contributed by atoms with Crippen molar-refractivity contribution in [3.05, 3.63) is 43.5 Å². The molecule has 6 heteroatoms. The number of allylic oxidation sites excluding steroid dienone is 4. The van der Waals surface area contributed by atoms with Crippen molar-refractivity contribution in [1.82, 2.24) is 0 Å². The SMILES string of the molecule is C[C](C)=[Ti]([O]c1c(C)c(C)c(C)c([SiH3])c1C)[C]1=C([Si](C)(C)C)C=CC1.Cl.Cl. The zero-order valence-electron chi connectivity index (χ0n) is 18.6. The van der Waals surface area contributed by atoms with E-state index in [2.05, 4.69) is 73.3 Å². The van der Waals surface area contributed by atoms with Gasteiger partial charge in [0, 0.05) is 0 Å². The van der Waals surface area contributed by atoms with Crippen LogP contribution in [-0.4, -0.2) is 22.1 Å². The van der Waals surface area contributed by atoms with E-state index in [1.54, 1.807) is 9.07 Å². The van der Waals surface area contributed by atoms with Crippen molar-refractivity contribution >= 4 is 52.1 Å². The van der Waals surface area contributed by atoms with Crippen molar-refractivity contribution < 1.29 is 21.1 Å². The van der Waals surface area contributed by atoms with Crippen LogP contribution in [0.2, 0.25) is 19.6 Å². The van der Waals surface area contributed by atoms with Crippen molar-refractivity contribution in [2.24, 2.45) is 0 Å². The Balaban J connectivity index is 0.00000338. The zero-order chi connectivity index (χ0) is 19.1. The normalized spacial score (nSPS) is 13.4. The molecule has 0 bridgehead atoms. The maximum atomic E-state index is 6.94. The fraction of sp³-hybridized carbons (Fsp3) is 0.476. The van der Waals surface area contributed by atoms with Gasteiger partial charge in [-0.05, 0) is 0 Å².